The number of aryl methyl sites for hydroxylation is 1. The summed E-state index contributed by atoms with van der Waals surface area (Å²) in [6.45, 7) is 8.88. The number of methoxy groups -OCH3 is 1. The van der Waals surface area contributed by atoms with Gasteiger partial charge in [-0.05, 0) is 81.1 Å². The number of rotatable bonds is 5. The van der Waals surface area contributed by atoms with Crippen molar-refractivity contribution in [2.75, 3.05) is 18.6 Å². The number of esters is 1. The first-order valence-electron chi connectivity index (χ1n) is 10.6. The van der Waals surface area contributed by atoms with Crippen LogP contribution in [0.4, 0.5) is 18.9 Å². The van der Waals surface area contributed by atoms with Gasteiger partial charge in [0.15, 0.2) is 5.60 Å². The highest BCUT2D eigenvalue weighted by Gasteiger charge is 2.41. The Morgan fingerprint density at radius 3 is 2.44 bits per heavy atom. The molecule has 1 aliphatic rings. The predicted molar refractivity (Wildman–Crippen MR) is 122 cm³/mol. The molecule has 0 unspecified atom stereocenters. The minimum atomic E-state index is -4.91. The molecule has 0 saturated carbocycles. The molecule has 0 bridgehead atoms. The van der Waals surface area contributed by atoms with E-state index in [-0.39, 0.29) is 11.5 Å². The zero-order chi connectivity index (χ0) is 25.4. The van der Waals surface area contributed by atoms with Gasteiger partial charge in [-0.2, -0.15) is 0 Å². The topological polar surface area (TPSA) is 65.1 Å². The molecule has 0 spiro atoms. The minimum Gasteiger partial charge on any atom is -0.476 e. The average molecular weight is 477 g/mol. The molecule has 1 aliphatic heterocycles. The van der Waals surface area contributed by atoms with Gasteiger partial charge in [0, 0.05) is 18.2 Å². The Bertz CT molecular complexity index is 1170. The van der Waals surface area contributed by atoms with Crippen LogP contribution in [-0.4, -0.2) is 37.5 Å². The molecule has 1 amide bonds. The number of hydrogen-bond donors (Lipinski definition) is 0. The van der Waals surface area contributed by atoms with Gasteiger partial charge < -0.3 is 19.1 Å². The summed E-state index contributed by atoms with van der Waals surface area (Å²) in [6.07, 6.45) is -3.66. The molecule has 182 valence electrons. The van der Waals surface area contributed by atoms with E-state index in [1.54, 1.807) is 44.7 Å². The number of carbonyl (C=O) groups excluding carboxylic acids is 2. The fourth-order valence-electron chi connectivity index (χ4n) is 3.84. The number of hydrogen-bond acceptors (Lipinski definition) is 5. The molecule has 0 aromatic heterocycles. The van der Waals surface area contributed by atoms with Crippen molar-refractivity contribution in [1.29, 1.82) is 0 Å². The van der Waals surface area contributed by atoms with Gasteiger partial charge in [-0.15, -0.1) is 13.2 Å². The molecule has 1 heterocycles. The van der Waals surface area contributed by atoms with E-state index in [2.05, 4.69) is 9.47 Å². The van der Waals surface area contributed by atoms with Crippen LogP contribution >= 0.6 is 0 Å². The van der Waals surface area contributed by atoms with Crippen LogP contribution in [0.25, 0.3) is 16.7 Å². The van der Waals surface area contributed by atoms with Gasteiger partial charge in [0.05, 0.1) is 12.8 Å². The van der Waals surface area contributed by atoms with Crippen LogP contribution in [0.3, 0.4) is 0 Å². The summed E-state index contributed by atoms with van der Waals surface area (Å²) in [5.41, 5.74) is 1.60. The highest BCUT2D eigenvalue weighted by Crippen LogP contribution is 2.45. The van der Waals surface area contributed by atoms with Gasteiger partial charge in [0.25, 0.3) is 5.91 Å². The Morgan fingerprint density at radius 2 is 1.85 bits per heavy atom. The summed E-state index contributed by atoms with van der Waals surface area (Å²) < 4.78 is 54.4. The zero-order valence-corrected chi connectivity index (χ0v) is 19.8. The van der Waals surface area contributed by atoms with E-state index in [4.69, 9.17) is 4.74 Å². The van der Waals surface area contributed by atoms with Crippen molar-refractivity contribution in [3.05, 3.63) is 47.5 Å². The normalized spacial score (nSPS) is 15.5. The van der Waals surface area contributed by atoms with Gasteiger partial charge >= 0.3 is 12.3 Å². The molecule has 6 nitrogen and oxygen atoms in total. The first-order chi connectivity index (χ1) is 15.8. The van der Waals surface area contributed by atoms with Crippen molar-refractivity contribution in [2.24, 2.45) is 0 Å². The first-order valence-corrected chi connectivity index (χ1v) is 10.6. The Kier molecular flexibility index (Phi) is 6.68. The maximum Gasteiger partial charge on any atom is 0.573 e. The largest absolute Gasteiger partial charge is 0.573 e. The number of fused-ring (bicyclic) bond motifs is 1. The molecular weight excluding hydrogens is 451 g/mol. The molecule has 0 saturated heterocycles. The van der Waals surface area contributed by atoms with Crippen molar-refractivity contribution in [3.63, 3.8) is 0 Å². The van der Waals surface area contributed by atoms with E-state index >= 15 is 0 Å². The van der Waals surface area contributed by atoms with Crippen molar-refractivity contribution in [3.8, 4) is 22.6 Å². The number of carbonyl (C=O) groups is 2. The number of ether oxygens (including phenoxy) is 3. The fraction of sp³-hybridized carbons (Fsp3) is 0.360. The summed E-state index contributed by atoms with van der Waals surface area (Å²) in [5, 5.41) is 0. The number of alkyl halides is 3. The van der Waals surface area contributed by atoms with Crippen molar-refractivity contribution in [1.82, 2.24) is 0 Å². The standard InChI is InChI=1S/C25H26F3NO5/c1-7-29-19-13-17(15(3)10-21(19)33-24(4,5)23(29)31)18-12-16(14(2)11-22(30)32-6)8-9-20(18)34-25(26,27)28/h8-13H,7H2,1-6H3/b14-11+. The lowest BCUT2D eigenvalue weighted by Gasteiger charge is -2.39. The van der Waals surface area contributed by atoms with Crippen LogP contribution in [0.15, 0.2) is 36.4 Å². The highest BCUT2D eigenvalue weighted by molar-refractivity contribution is 6.03. The third-order valence-corrected chi connectivity index (χ3v) is 5.52. The molecule has 0 fully saturated rings. The number of anilines is 1. The van der Waals surface area contributed by atoms with E-state index in [0.29, 0.717) is 40.2 Å². The average Bonchev–Trinajstić information content (AvgIpc) is 2.73. The fourth-order valence-corrected chi connectivity index (χ4v) is 3.84. The summed E-state index contributed by atoms with van der Waals surface area (Å²) in [7, 11) is 1.23. The molecule has 0 atom stereocenters. The summed E-state index contributed by atoms with van der Waals surface area (Å²) in [4.78, 5) is 26.1. The van der Waals surface area contributed by atoms with Crippen LogP contribution in [0.2, 0.25) is 0 Å². The quantitative estimate of drug-likeness (QED) is 0.411. The van der Waals surface area contributed by atoms with E-state index < -0.39 is 23.7 Å². The van der Waals surface area contributed by atoms with Crippen LogP contribution in [0.1, 0.15) is 38.8 Å². The SMILES string of the molecule is CCN1C(=O)C(C)(C)Oc2cc(C)c(-c3cc(/C(C)=C/C(=O)OC)ccc3OC(F)(F)F)cc21. The van der Waals surface area contributed by atoms with Crippen molar-refractivity contribution >= 4 is 23.1 Å². The number of halogens is 3. The van der Waals surface area contributed by atoms with Gasteiger partial charge in [0.1, 0.15) is 11.5 Å². The zero-order valence-electron chi connectivity index (χ0n) is 19.8. The molecule has 2 aromatic rings. The Labute approximate surface area is 195 Å². The second-order valence-corrected chi connectivity index (χ2v) is 8.41. The Hall–Kier alpha value is -3.49. The molecule has 0 N–H and O–H groups in total. The van der Waals surface area contributed by atoms with E-state index in [9.17, 15) is 22.8 Å². The van der Waals surface area contributed by atoms with Gasteiger partial charge in [0.2, 0.25) is 0 Å². The first kappa shape index (κ1) is 25.1. The number of amides is 1. The van der Waals surface area contributed by atoms with Crippen LogP contribution in [0.5, 0.6) is 11.5 Å². The number of nitrogens with zero attached hydrogens (tertiary/aromatic N) is 1. The van der Waals surface area contributed by atoms with Gasteiger partial charge in [-0.25, -0.2) is 4.79 Å². The second kappa shape index (κ2) is 9.04. The lowest BCUT2D eigenvalue weighted by Crippen LogP contribution is -2.52. The highest BCUT2D eigenvalue weighted by atomic mass is 19.4. The Balaban J connectivity index is 2.24. The minimum absolute atomic E-state index is 0.154. The van der Waals surface area contributed by atoms with Crippen LogP contribution in [-0.2, 0) is 14.3 Å². The third kappa shape index (κ3) is 5.03. The van der Waals surface area contributed by atoms with Crippen LogP contribution < -0.4 is 14.4 Å². The van der Waals surface area contributed by atoms with E-state index in [1.165, 1.54) is 31.4 Å². The molecule has 3 rings (SSSR count). The second-order valence-electron chi connectivity index (χ2n) is 8.41. The molecule has 0 radical (unpaired) electrons. The van der Waals surface area contributed by atoms with Gasteiger partial charge in [-0.1, -0.05) is 6.07 Å². The number of likely N-dealkylation sites (N-methyl/N-ethyl adjacent to an activating group) is 1. The van der Waals surface area contributed by atoms with Crippen molar-refractivity contribution in [2.45, 2.75) is 46.6 Å². The monoisotopic (exact) mass is 477 g/mol. The summed E-state index contributed by atoms with van der Waals surface area (Å²) >= 11 is 0. The number of benzene rings is 2. The lowest BCUT2D eigenvalue weighted by molar-refractivity contribution is -0.274. The molecule has 0 aliphatic carbocycles. The maximum atomic E-state index is 13.2. The van der Waals surface area contributed by atoms with Gasteiger partial charge in [-0.3, -0.25) is 4.79 Å². The molecular formula is C25H26F3NO5. The van der Waals surface area contributed by atoms with E-state index in [0.717, 1.165) is 0 Å². The summed E-state index contributed by atoms with van der Waals surface area (Å²) in [6, 6.07) is 7.47. The van der Waals surface area contributed by atoms with Crippen molar-refractivity contribution < 1.29 is 37.0 Å². The summed E-state index contributed by atoms with van der Waals surface area (Å²) in [5.74, 6) is -0.785. The lowest BCUT2D eigenvalue weighted by atomic mass is 9.93. The molecule has 2 aromatic carbocycles. The number of allylic oxidation sites excluding steroid dienone is 1. The van der Waals surface area contributed by atoms with Crippen LogP contribution in [0, 0.1) is 6.92 Å². The smallest absolute Gasteiger partial charge is 0.476 e. The molecule has 9 heteroatoms. The van der Waals surface area contributed by atoms with E-state index in [1.807, 2.05) is 6.92 Å². The molecule has 34 heavy (non-hydrogen) atoms. The maximum absolute atomic E-state index is 13.2. The predicted octanol–water partition coefficient (Wildman–Crippen LogP) is 5.66. The third-order valence-electron chi connectivity index (χ3n) is 5.52. The Morgan fingerprint density at radius 1 is 1.18 bits per heavy atom.